The Morgan fingerprint density at radius 1 is 1.50 bits per heavy atom. The Morgan fingerprint density at radius 2 is 2.21 bits per heavy atom. The molecule has 0 N–H and O–H groups in total. The van der Waals surface area contributed by atoms with Crippen molar-refractivity contribution in [2.24, 2.45) is 0 Å². The van der Waals surface area contributed by atoms with Crippen LogP contribution in [0.4, 0.5) is 0 Å². The fraction of sp³-hybridized carbons (Fsp3) is 0.455. The summed E-state index contributed by atoms with van der Waals surface area (Å²) in [6.45, 7) is 4.19. The molecule has 0 unspecified atom stereocenters. The second-order valence-electron chi connectivity index (χ2n) is 3.15. The highest BCUT2D eigenvalue weighted by molar-refractivity contribution is 5.38. The average Bonchev–Trinajstić information content (AvgIpc) is 2.67. The molecule has 14 heavy (non-hydrogen) atoms. The van der Waals surface area contributed by atoms with Gasteiger partial charge in [-0.15, -0.1) is 0 Å². The summed E-state index contributed by atoms with van der Waals surface area (Å²) < 4.78 is 0. The van der Waals surface area contributed by atoms with E-state index in [1.54, 1.807) is 6.08 Å². The van der Waals surface area contributed by atoms with Crippen molar-refractivity contribution in [1.29, 1.82) is 10.5 Å². The topological polar surface area (TPSA) is 50.8 Å². The van der Waals surface area contributed by atoms with Crippen LogP contribution in [0.1, 0.15) is 19.8 Å². The van der Waals surface area contributed by atoms with Crippen molar-refractivity contribution >= 4 is 0 Å². The molecule has 1 saturated heterocycles. The Balaban J connectivity index is 2.75. The maximum atomic E-state index is 8.54. The van der Waals surface area contributed by atoms with E-state index in [9.17, 15) is 0 Å². The fourth-order valence-corrected chi connectivity index (χ4v) is 1.58. The van der Waals surface area contributed by atoms with Gasteiger partial charge in [0.15, 0.2) is 0 Å². The minimum absolute atomic E-state index is 0.167. The summed E-state index contributed by atoms with van der Waals surface area (Å²) in [5, 5.41) is 17.1. The van der Waals surface area contributed by atoms with Crippen LogP contribution in [-0.4, -0.2) is 18.0 Å². The van der Waals surface area contributed by atoms with Crippen LogP contribution in [-0.2, 0) is 0 Å². The zero-order valence-corrected chi connectivity index (χ0v) is 8.32. The molecule has 1 aliphatic rings. The molecule has 0 spiro atoms. The van der Waals surface area contributed by atoms with Crippen LogP contribution in [0.5, 0.6) is 0 Å². The van der Waals surface area contributed by atoms with Crippen LogP contribution in [0.3, 0.4) is 0 Å². The summed E-state index contributed by atoms with van der Waals surface area (Å²) >= 11 is 0. The third-order valence-corrected chi connectivity index (χ3v) is 2.33. The van der Waals surface area contributed by atoms with Crippen LogP contribution in [0, 0.1) is 22.7 Å². The van der Waals surface area contributed by atoms with E-state index in [-0.39, 0.29) is 5.57 Å². The average molecular weight is 187 g/mol. The molecule has 0 saturated carbocycles. The first-order valence-corrected chi connectivity index (χ1v) is 4.77. The van der Waals surface area contributed by atoms with E-state index in [2.05, 4.69) is 11.8 Å². The molecule has 0 aliphatic carbocycles. The molecule has 0 atom stereocenters. The van der Waals surface area contributed by atoms with Gasteiger partial charge in [-0.3, -0.25) is 0 Å². The highest BCUT2D eigenvalue weighted by Crippen LogP contribution is 2.20. The summed E-state index contributed by atoms with van der Waals surface area (Å²) in [6.07, 6.45) is 5.71. The largest absolute Gasteiger partial charge is 0.375 e. The van der Waals surface area contributed by atoms with Gasteiger partial charge < -0.3 is 4.90 Å². The predicted molar refractivity (Wildman–Crippen MR) is 53.9 cm³/mol. The zero-order chi connectivity index (χ0) is 10.4. The maximum Gasteiger partial charge on any atom is 0.129 e. The predicted octanol–water partition coefficient (Wildman–Crippen LogP) is 1.96. The first-order valence-electron chi connectivity index (χ1n) is 4.77. The third kappa shape index (κ3) is 2.37. The van der Waals surface area contributed by atoms with Gasteiger partial charge in [0.05, 0.1) is 0 Å². The van der Waals surface area contributed by atoms with E-state index >= 15 is 0 Å². The Morgan fingerprint density at radius 3 is 2.79 bits per heavy atom. The molecule has 0 aromatic rings. The lowest BCUT2D eigenvalue weighted by Gasteiger charge is -2.16. The van der Waals surface area contributed by atoms with E-state index in [1.807, 2.05) is 18.2 Å². The number of likely N-dealkylation sites (tertiary alicyclic amines) is 1. The SMILES string of the molecule is CCN1CCCC1=CC=C(C#N)C#N. The molecule has 72 valence electrons. The van der Waals surface area contributed by atoms with E-state index in [0.29, 0.717) is 0 Å². The quantitative estimate of drug-likeness (QED) is 0.621. The smallest absolute Gasteiger partial charge is 0.129 e. The lowest BCUT2D eigenvalue weighted by molar-refractivity contribution is 0.415. The molecule has 0 radical (unpaired) electrons. The van der Waals surface area contributed by atoms with Crippen LogP contribution in [0.2, 0.25) is 0 Å². The van der Waals surface area contributed by atoms with Gasteiger partial charge >= 0.3 is 0 Å². The molecule has 1 heterocycles. The lowest BCUT2D eigenvalue weighted by Crippen LogP contribution is -2.16. The minimum atomic E-state index is 0.167. The number of rotatable bonds is 2. The van der Waals surface area contributed by atoms with Gasteiger partial charge in [0.1, 0.15) is 17.7 Å². The zero-order valence-electron chi connectivity index (χ0n) is 8.32. The van der Waals surface area contributed by atoms with Crippen molar-refractivity contribution in [2.45, 2.75) is 19.8 Å². The second-order valence-corrected chi connectivity index (χ2v) is 3.15. The molecule has 0 aromatic carbocycles. The molecule has 0 aromatic heterocycles. The summed E-state index contributed by atoms with van der Waals surface area (Å²) in [6, 6.07) is 3.69. The van der Waals surface area contributed by atoms with E-state index < -0.39 is 0 Å². The van der Waals surface area contributed by atoms with Crippen molar-refractivity contribution in [1.82, 2.24) is 4.90 Å². The highest BCUT2D eigenvalue weighted by atomic mass is 15.1. The Labute approximate surface area is 84.5 Å². The lowest BCUT2D eigenvalue weighted by atomic mass is 10.2. The fourth-order valence-electron chi connectivity index (χ4n) is 1.58. The molecule has 1 rings (SSSR count). The van der Waals surface area contributed by atoms with Gasteiger partial charge in [0.2, 0.25) is 0 Å². The minimum Gasteiger partial charge on any atom is -0.375 e. The number of hydrogen-bond acceptors (Lipinski definition) is 3. The Bertz CT molecular complexity index is 323. The van der Waals surface area contributed by atoms with Crippen molar-refractivity contribution < 1.29 is 0 Å². The van der Waals surface area contributed by atoms with E-state index in [4.69, 9.17) is 10.5 Å². The van der Waals surface area contributed by atoms with Gasteiger partial charge in [-0.05, 0) is 31.9 Å². The summed E-state index contributed by atoms with van der Waals surface area (Å²) in [5.41, 5.74) is 1.40. The molecule has 3 heteroatoms. The number of nitrogens with zero attached hydrogens (tertiary/aromatic N) is 3. The normalized spacial score (nSPS) is 17.6. The summed E-state index contributed by atoms with van der Waals surface area (Å²) in [4.78, 5) is 2.27. The van der Waals surface area contributed by atoms with Gasteiger partial charge in [-0.2, -0.15) is 10.5 Å². The molecule has 0 amide bonds. The third-order valence-electron chi connectivity index (χ3n) is 2.33. The van der Waals surface area contributed by atoms with Crippen molar-refractivity contribution in [3.8, 4) is 12.1 Å². The highest BCUT2D eigenvalue weighted by Gasteiger charge is 2.13. The number of hydrogen-bond donors (Lipinski definition) is 0. The molecular formula is C11H13N3. The van der Waals surface area contributed by atoms with Crippen LogP contribution < -0.4 is 0 Å². The van der Waals surface area contributed by atoms with Crippen LogP contribution in [0.25, 0.3) is 0 Å². The molecule has 0 bridgehead atoms. The summed E-state index contributed by atoms with van der Waals surface area (Å²) in [5.74, 6) is 0. The van der Waals surface area contributed by atoms with E-state index in [1.165, 1.54) is 12.1 Å². The standard InChI is InChI=1S/C11H13N3/c1-2-14-7-3-4-11(14)6-5-10(8-12)9-13/h5-6H,2-4,7H2,1H3. The monoisotopic (exact) mass is 187 g/mol. The van der Waals surface area contributed by atoms with Crippen LogP contribution >= 0.6 is 0 Å². The van der Waals surface area contributed by atoms with Crippen LogP contribution in [0.15, 0.2) is 23.4 Å². The molecule has 1 aliphatic heterocycles. The number of nitriles is 2. The molecule has 3 nitrogen and oxygen atoms in total. The van der Waals surface area contributed by atoms with Gasteiger partial charge in [0.25, 0.3) is 0 Å². The first kappa shape index (κ1) is 10.3. The Hall–Kier alpha value is -1.74. The summed E-state index contributed by atoms with van der Waals surface area (Å²) in [7, 11) is 0. The number of allylic oxidation sites excluding steroid dienone is 4. The Kier molecular flexibility index (Phi) is 3.76. The second kappa shape index (κ2) is 5.09. The maximum absolute atomic E-state index is 8.54. The van der Waals surface area contributed by atoms with Gasteiger partial charge in [0, 0.05) is 18.8 Å². The van der Waals surface area contributed by atoms with Crippen molar-refractivity contribution in [3.63, 3.8) is 0 Å². The van der Waals surface area contributed by atoms with Gasteiger partial charge in [-0.1, -0.05) is 0 Å². The van der Waals surface area contributed by atoms with Crippen molar-refractivity contribution in [2.75, 3.05) is 13.1 Å². The molecular weight excluding hydrogens is 174 g/mol. The van der Waals surface area contributed by atoms with Crippen molar-refractivity contribution in [3.05, 3.63) is 23.4 Å². The molecule has 1 fully saturated rings. The van der Waals surface area contributed by atoms with E-state index in [0.717, 1.165) is 19.5 Å². The first-order chi connectivity index (χ1) is 6.81. The van der Waals surface area contributed by atoms with Gasteiger partial charge in [-0.25, -0.2) is 0 Å².